The summed E-state index contributed by atoms with van der Waals surface area (Å²) in [7, 11) is 0. The van der Waals surface area contributed by atoms with Gasteiger partial charge >= 0.3 is 0 Å². The van der Waals surface area contributed by atoms with Crippen molar-refractivity contribution in [3.63, 3.8) is 0 Å². The smallest absolute Gasteiger partial charge is 0.133 e. The second-order valence-electron chi connectivity index (χ2n) is 3.69. The van der Waals surface area contributed by atoms with E-state index in [0.717, 1.165) is 21.5 Å². The van der Waals surface area contributed by atoms with Gasteiger partial charge in [-0.05, 0) is 38.1 Å². The minimum absolute atomic E-state index is 0.249. The molecule has 1 heterocycles. The van der Waals surface area contributed by atoms with Crippen LogP contribution in [0.4, 0.5) is 4.39 Å². The van der Waals surface area contributed by atoms with Gasteiger partial charge in [0.1, 0.15) is 10.8 Å². The summed E-state index contributed by atoms with van der Waals surface area (Å²) >= 11 is 4.85. The third-order valence-electron chi connectivity index (χ3n) is 2.42. The van der Waals surface area contributed by atoms with Gasteiger partial charge in [0.15, 0.2) is 0 Å². The Morgan fingerprint density at radius 3 is 2.94 bits per heavy atom. The number of hydrogen-bond acceptors (Lipinski definition) is 3. The molecule has 0 amide bonds. The molecular formula is C12H12BrFN2S. The maximum absolute atomic E-state index is 13.7. The third kappa shape index (κ3) is 2.73. The molecule has 5 heteroatoms. The normalized spacial score (nSPS) is 10.8. The Kier molecular flexibility index (Phi) is 3.91. The largest absolute Gasteiger partial charge is 0.330 e. The molecule has 0 saturated heterocycles. The Labute approximate surface area is 112 Å². The summed E-state index contributed by atoms with van der Waals surface area (Å²) in [5.74, 6) is -0.249. The molecule has 2 aromatic rings. The molecule has 0 spiro atoms. The summed E-state index contributed by atoms with van der Waals surface area (Å²) in [6.07, 6.45) is 0.791. The van der Waals surface area contributed by atoms with Crippen molar-refractivity contribution in [2.45, 2.75) is 13.3 Å². The topological polar surface area (TPSA) is 38.9 Å². The number of thiazole rings is 1. The molecule has 2 N–H and O–H groups in total. The van der Waals surface area contributed by atoms with Gasteiger partial charge in [-0.2, -0.15) is 0 Å². The highest BCUT2D eigenvalue weighted by molar-refractivity contribution is 9.10. The summed E-state index contributed by atoms with van der Waals surface area (Å²) in [5, 5.41) is 0.713. The molecule has 2 rings (SSSR count). The van der Waals surface area contributed by atoms with Crippen molar-refractivity contribution in [2.24, 2.45) is 5.73 Å². The number of benzene rings is 1. The van der Waals surface area contributed by atoms with Gasteiger partial charge in [-0.3, -0.25) is 0 Å². The number of aromatic nitrogens is 1. The Bertz CT molecular complexity index is 539. The first-order chi connectivity index (χ1) is 8.11. The fraction of sp³-hybridized carbons (Fsp3) is 0.250. The van der Waals surface area contributed by atoms with Gasteiger partial charge < -0.3 is 5.73 Å². The highest BCUT2D eigenvalue weighted by atomic mass is 79.9. The van der Waals surface area contributed by atoms with E-state index in [4.69, 9.17) is 5.73 Å². The lowest BCUT2D eigenvalue weighted by Gasteiger charge is -1.99. The van der Waals surface area contributed by atoms with Gasteiger partial charge in [0, 0.05) is 14.9 Å². The quantitative estimate of drug-likeness (QED) is 0.941. The van der Waals surface area contributed by atoms with Crippen molar-refractivity contribution < 1.29 is 4.39 Å². The highest BCUT2D eigenvalue weighted by Crippen LogP contribution is 2.31. The monoisotopic (exact) mass is 314 g/mol. The van der Waals surface area contributed by atoms with Crippen molar-refractivity contribution in [1.29, 1.82) is 0 Å². The Hall–Kier alpha value is -0.780. The second kappa shape index (κ2) is 5.25. The molecular weight excluding hydrogens is 303 g/mol. The molecule has 0 aliphatic carbocycles. The van der Waals surface area contributed by atoms with Crippen LogP contribution in [0, 0.1) is 12.7 Å². The average Bonchev–Trinajstić information content (AvgIpc) is 2.64. The number of hydrogen-bond donors (Lipinski definition) is 1. The molecule has 0 aliphatic rings. The molecule has 1 aromatic carbocycles. The molecule has 0 fully saturated rings. The molecule has 0 atom stereocenters. The van der Waals surface area contributed by atoms with Gasteiger partial charge in [0.05, 0.1) is 5.69 Å². The Balaban J connectivity index is 2.45. The van der Waals surface area contributed by atoms with Gasteiger partial charge in [-0.15, -0.1) is 11.3 Å². The first-order valence-electron chi connectivity index (χ1n) is 5.23. The van der Waals surface area contributed by atoms with Crippen LogP contribution in [0.3, 0.4) is 0 Å². The number of nitrogens with two attached hydrogens (primary N) is 1. The highest BCUT2D eigenvalue weighted by Gasteiger charge is 2.12. The lowest BCUT2D eigenvalue weighted by molar-refractivity contribution is 0.631. The zero-order valence-corrected chi connectivity index (χ0v) is 11.7. The molecule has 90 valence electrons. The van der Waals surface area contributed by atoms with Crippen LogP contribution in [0.15, 0.2) is 22.7 Å². The molecule has 0 radical (unpaired) electrons. The molecule has 0 aliphatic heterocycles. The van der Waals surface area contributed by atoms with E-state index < -0.39 is 0 Å². The average molecular weight is 315 g/mol. The third-order valence-corrected chi connectivity index (χ3v) is 4.17. The van der Waals surface area contributed by atoms with Crippen molar-refractivity contribution in [1.82, 2.24) is 4.98 Å². The van der Waals surface area contributed by atoms with Crippen molar-refractivity contribution in [2.75, 3.05) is 6.54 Å². The molecule has 17 heavy (non-hydrogen) atoms. The van der Waals surface area contributed by atoms with Crippen LogP contribution in [-0.4, -0.2) is 11.5 Å². The second-order valence-corrected chi connectivity index (χ2v) is 5.69. The lowest BCUT2D eigenvalue weighted by Crippen LogP contribution is -2.01. The molecule has 2 nitrogen and oxygen atoms in total. The van der Waals surface area contributed by atoms with E-state index in [2.05, 4.69) is 20.9 Å². The fourth-order valence-electron chi connectivity index (χ4n) is 1.57. The first-order valence-corrected chi connectivity index (χ1v) is 6.84. The summed E-state index contributed by atoms with van der Waals surface area (Å²) in [6, 6.07) is 4.87. The number of rotatable bonds is 3. The predicted octanol–water partition coefficient (Wildman–Crippen LogP) is 3.52. The minimum atomic E-state index is -0.249. The van der Waals surface area contributed by atoms with E-state index in [1.165, 1.54) is 17.4 Å². The molecule has 1 aromatic heterocycles. The first kappa shape index (κ1) is 12.7. The van der Waals surface area contributed by atoms with Gasteiger partial charge in [0.2, 0.25) is 0 Å². The van der Waals surface area contributed by atoms with Crippen molar-refractivity contribution >= 4 is 27.3 Å². The maximum atomic E-state index is 13.7. The molecule has 0 bridgehead atoms. The van der Waals surface area contributed by atoms with Gasteiger partial charge in [-0.1, -0.05) is 15.9 Å². The van der Waals surface area contributed by atoms with Crippen LogP contribution in [0.25, 0.3) is 10.6 Å². The van der Waals surface area contributed by atoms with Crippen LogP contribution >= 0.6 is 27.3 Å². The summed E-state index contributed by atoms with van der Waals surface area (Å²) in [6.45, 7) is 2.52. The van der Waals surface area contributed by atoms with Crippen molar-refractivity contribution in [3.05, 3.63) is 39.1 Å². The van der Waals surface area contributed by atoms with E-state index in [1.807, 2.05) is 6.92 Å². The van der Waals surface area contributed by atoms with Gasteiger partial charge in [0.25, 0.3) is 0 Å². The van der Waals surface area contributed by atoms with Crippen LogP contribution in [0.1, 0.15) is 10.6 Å². The number of nitrogens with zero attached hydrogens (tertiary/aromatic N) is 1. The standard InChI is InChI=1S/C12H12BrFN2S/c1-7-11(4-5-15)17-12(16-7)9-6-8(13)2-3-10(9)14/h2-3,6H,4-5,15H2,1H3. The predicted molar refractivity (Wildman–Crippen MR) is 72.7 cm³/mol. The maximum Gasteiger partial charge on any atom is 0.133 e. The van der Waals surface area contributed by atoms with E-state index in [1.54, 1.807) is 12.1 Å². The summed E-state index contributed by atoms with van der Waals surface area (Å²) in [5.41, 5.74) is 7.01. The molecule has 0 unspecified atom stereocenters. The van der Waals surface area contributed by atoms with Crippen LogP contribution in [0.5, 0.6) is 0 Å². The van der Waals surface area contributed by atoms with E-state index in [9.17, 15) is 4.39 Å². The summed E-state index contributed by atoms with van der Waals surface area (Å²) in [4.78, 5) is 5.53. The minimum Gasteiger partial charge on any atom is -0.330 e. The van der Waals surface area contributed by atoms with E-state index in [0.29, 0.717) is 17.1 Å². The number of halogens is 2. The Morgan fingerprint density at radius 2 is 2.24 bits per heavy atom. The SMILES string of the molecule is Cc1nc(-c2cc(Br)ccc2F)sc1CCN. The lowest BCUT2D eigenvalue weighted by atomic mass is 10.2. The number of aryl methyl sites for hydroxylation is 1. The Morgan fingerprint density at radius 1 is 1.47 bits per heavy atom. The van der Waals surface area contributed by atoms with Crippen LogP contribution in [-0.2, 0) is 6.42 Å². The van der Waals surface area contributed by atoms with Crippen molar-refractivity contribution in [3.8, 4) is 10.6 Å². The fourth-order valence-corrected chi connectivity index (χ4v) is 3.02. The van der Waals surface area contributed by atoms with Gasteiger partial charge in [-0.25, -0.2) is 9.37 Å². The van der Waals surface area contributed by atoms with Crippen LogP contribution < -0.4 is 5.73 Å². The van der Waals surface area contributed by atoms with Crippen LogP contribution in [0.2, 0.25) is 0 Å². The van der Waals surface area contributed by atoms with E-state index >= 15 is 0 Å². The van der Waals surface area contributed by atoms with E-state index in [-0.39, 0.29) is 5.82 Å². The zero-order valence-electron chi connectivity index (χ0n) is 9.34. The summed E-state index contributed by atoms with van der Waals surface area (Å²) < 4.78 is 14.6. The zero-order chi connectivity index (χ0) is 12.4. The molecule has 0 saturated carbocycles.